The van der Waals surface area contributed by atoms with Crippen LogP contribution in [0.3, 0.4) is 0 Å². The lowest BCUT2D eigenvalue weighted by Crippen LogP contribution is -2.65. The van der Waals surface area contributed by atoms with Gasteiger partial charge >= 0.3 is 6.09 Å². The molecule has 0 spiro atoms. The van der Waals surface area contributed by atoms with E-state index < -0.39 is 53.4 Å². The Labute approximate surface area is 258 Å². The van der Waals surface area contributed by atoms with Crippen molar-refractivity contribution in [2.24, 2.45) is 11.7 Å². The molecule has 1 saturated carbocycles. The number of alkyl carbamates (subject to hydrolysis) is 1. The first-order valence-corrected chi connectivity index (χ1v) is 15.4. The minimum Gasteiger partial charge on any atom is -0.445 e. The molecule has 1 aromatic rings. The highest BCUT2D eigenvalue weighted by atomic mass is 16.5. The molecule has 242 valence electrons. The Hall–Kier alpha value is -4.16. The van der Waals surface area contributed by atoms with Gasteiger partial charge in [-0.1, -0.05) is 63.4 Å². The van der Waals surface area contributed by atoms with Crippen LogP contribution in [0.2, 0.25) is 0 Å². The number of rotatable bonds is 13. The number of hydrogen-bond acceptors (Lipinski definition) is 7. The summed E-state index contributed by atoms with van der Waals surface area (Å²) in [5.41, 5.74) is 4.73. The highest BCUT2D eigenvalue weighted by Gasteiger charge is 2.48. The van der Waals surface area contributed by atoms with Crippen molar-refractivity contribution in [2.45, 2.75) is 102 Å². The molecule has 6 amide bonds. The summed E-state index contributed by atoms with van der Waals surface area (Å²) in [4.78, 5) is 78.6. The molecule has 1 aliphatic heterocycles. The second kappa shape index (κ2) is 16.1. The molecule has 1 aromatic carbocycles. The Kier molecular flexibility index (Phi) is 12.5. The Balaban J connectivity index is 1.67. The SMILES string of the molecule is CC(C)C[C@@H](NC(=O)[C@@H]1CCCN1C(=O)C1(NC(=O)[C@@H](C)NC(=O)OCc2ccccc2)CCCCC1)C(=O)NCC(N)=O. The van der Waals surface area contributed by atoms with E-state index in [1.165, 1.54) is 11.8 Å². The zero-order valence-corrected chi connectivity index (χ0v) is 25.9. The number of likely N-dealkylation sites (tertiary alicyclic amines) is 1. The molecule has 2 aliphatic rings. The molecule has 0 bridgehead atoms. The Morgan fingerprint density at radius 3 is 2.27 bits per heavy atom. The quantitative estimate of drug-likeness (QED) is 0.221. The van der Waals surface area contributed by atoms with Crippen molar-refractivity contribution in [1.29, 1.82) is 0 Å². The van der Waals surface area contributed by atoms with Crippen LogP contribution < -0.4 is 27.0 Å². The van der Waals surface area contributed by atoms with Gasteiger partial charge in [0, 0.05) is 6.54 Å². The van der Waals surface area contributed by atoms with E-state index in [0.717, 1.165) is 12.0 Å². The molecule has 6 N–H and O–H groups in total. The van der Waals surface area contributed by atoms with Crippen LogP contribution in [0.4, 0.5) is 4.79 Å². The van der Waals surface area contributed by atoms with Crippen LogP contribution in [0, 0.1) is 5.92 Å². The van der Waals surface area contributed by atoms with E-state index in [-0.39, 0.29) is 25.0 Å². The van der Waals surface area contributed by atoms with Crippen molar-refractivity contribution in [3.05, 3.63) is 35.9 Å². The van der Waals surface area contributed by atoms with Gasteiger partial charge in [-0.2, -0.15) is 0 Å². The molecule has 0 aromatic heterocycles. The van der Waals surface area contributed by atoms with Gasteiger partial charge in [0.2, 0.25) is 29.5 Å². The number of benzene rings is 1. The standard InChI is InChI=1S/C31H46N6O7/c1-20(2)17-23(27(40)33-18-25(32)38)35-28(41)24-13-10-16-37(24)29(42)31(14-8-5-9-15-31)36-26(39)21(3)34-30(43)44-19-22-11-6-4-7-12-22/h4,6-7,11-12,20-21,23-24H,5,8-10,13-19H2,1-3H3,(H2,32,38)(H,33,40)(H,34,43)(H,35,41)(H,36,39)/t21-,23-,24+/m1/s1. The number of ether oxygens (including phenoxy) is 1. The van der Waals surface area contributed by atoms with E-state index in [1.807, 2.05) is 44.2 Å². The molecule has 3 atom stereocenters. The van der Waals surface area contributed by atoms with E-state index in [0.29, 0.717) is 51.5 Å². The van der Waals surface area contributed by atoms with Crippen LogP contribution in [-0.4, -0.2) is 77.3 Å². The molecule has 44 heavy (non-hydrogen) atoms. The maximum Gasteiger partial charge on any atom is 0.408 e. The minimum absolute atomic E-state index is 0.0483. The third-order valence-electron chi connectivity index (χ3n) is 8.01. The van der Waals surface area contributed by atoms with Gasteiger partial charge in [-0.3, -0.25) is 24.0 Å². The topological polar surface area (TPSA) is 189 Å². The second-order valence-electron chi connectivity index (χ2n) is 12.1. The monoisotopic (exact) mass is 614 g/mol. The van der Waals surface area contributed by atoms with Crippen molar-refractivity contribution in [1.82, 2.24) is 26.2 Å². The highest BCUT2D eigenvalue weighted by molar-refractivity contribution is 5.98. The predicted octanol–water partition coefficient (Wildman–Crippen LogP) is 1.24. The Morgan fingerprint density at radius 1 is 0.955 bits per heavy atom. The molecule has 13 nitrogen and oxygen atoms in total. The van der Waals surface area contributed by atoms with Crippen molar-refractivity contribution >= 4 is 35.6 Å². The summed E-state index contributed by atoms with van der Waals surface area (Å²) in [6.07, 6.45) is 3.71. The first kappa shape index (κ1) is 34.3. The van der Waals surface area contributed by atoms with E-state index in [9.17, 15) is 28.8 Å². The number of carbonyl (C=O) groups is 6. The Morgan fingerprint density at radius 2 is 1.64 bits per heavy atom. The van der Waals surface area contributed by atoms with Crippen LogP contribution in [0.25, 0.3) is 0 Å². The van der Waals surface area contributed by atoms with Crippen molar-refractivity contribution in [3.8, 4) is 0 Å². The molecule has 1 aliphatic carbocycles. The molecule has 0 radical (unpaired) electrons. The fourth-order valence-corrected chi connectivity index (χ4v) is 5.72. The lowest BCUT2D eigenvalue weighted by Gasteiger charge is -2.41. The van der Waals surface area contributed by atoms with E-state index in [2.05, 4.69) is 21.3 Å². The maximum absolute atomic E-state index is 14.1. The van der Waals surface area contributed by atoms with E-state index in [1.54, 1.807) is 0 Å². The molecular weight excluding hydrogens is 568 g/mol. The van der Waals surface area contributed by atoms with Gasteiger partial charge in [-0.25, -0.2) is 4.79 Å². The van der Waals surface area contributed by atoms with Crippen molar-refractivity contribution in [3.63, 3.8) is 0 Å². The minimum atomic E-state index is -1.22. The second-order valence-corrected chi connectivity index (χ2v) is 12.1. The smallest absolute Gasteiger partial charge is 0.408 e. The van der Waals surface area contributed by atoms with Gasteiger partial charge in [0.1, 0.15) is 30.3 Å². The number of nitrogens with two attached hydrogens (primary N) is 1. The summed E-state index contributed by atoms with van der Waals surface area (Å²) >= 11 is 0. The van der Waals surface area contributed by atoms with Crippen LogP contribution in [0.5, 0.6) is 0 Å². The Bertz CT molecular complexity index is 1190. The number of primary amides is 1. The average molecular weight is 615 g/mol. The largest absolute Gasteiger partial charge is 0.445 e. The molecule has 1 heterocycles. The van der Waals surface area contributed by atoms with Gasteiger partial charge in [-0.15, -0.1) is 0 Å². The summed E-state index contributed by atoms with van der Waals surface area (Å²) in [5, 5.41) is 10.7. The van der Waals surface area contributed by atoms with E-state index >= 15 is 0 Å². The number of nitrogens with zero attached hydrogens (tertiary/aromatic N) is 1. The fraction of sp³-hybridized carbons (Fsp3) is 0.613. The molecule has 3 rings (SSSR count). The first-order chi connectivity index (χ1) is 20.9. The van der Waals surface area contributed by atoms with Crippen LogP contribution >= 0.6 is 0 Å². The molecule has 1 saturated heterocycles. The summed E-state index contributed by atoms with van der Waals surface area (Å²) in [6, 6.07) is 6.44. The fourth-order valence-electron chi connectivity index (χ4n) is 5.72. The van der Waals surface area contributed by atoms with Crippen molar-refractivity contribution in [2.75, 3.05) is 13.1 Å². The zero-order chi connectivity index (χ0) is 32.3. The van der Waals surface area contributed by atoms with Crippen LogP contribution in [-0.2, 0) is 35.3 Å². The number of amides is 6. The average Bonchev–Trinajstić information content (AvgIpc) is 3.49. The van der Waals surface area contributed by atoms with Gasteiger partial charge in [-0.05, 0) is 50.5 Å². The molecular formula is C31H46N6O7. The summed E-state index contributed by atoms with van der Waals surface area (Å²) in [6.45, 7) is 5.35. The highest BCUT2D eigenvalue weighted by Crippen LogP contribution is 2.33. The summed E-state index contributed by atoms with van der Waals surface area (Å²) in [5.74, 6) is -2.51. The lowest BCUT2D eigenvalue weighted by molar-refractivity contribution is -0.148. The van der Waals surface area contributed by atoms with Crippen LogP contribution in [0.1, 0.15) is 77.7 Å². The third kappa shape index (κ3) is 9.68. The number of hydrogen-bond donors (Lipinski definition) is 5. The molecule has 0 unspecified atom stereocenters. The third-order valence-corrected chi connectivity index (χ3v) is 8.01. The number of carbonyl (C=O) groups excluding carboxylic acids is 6. The summed E-state index contributed by atoms with van der Waals surface area (Å²) in [7, 11) is 0. The molecule has 2 fully saturated rings. The van der Waals surface area contributed by atoms with Gasteiger partial charge < -0.3 is 36.6 Å². The number of nitrogens with one attached hydrogen (secondary N) is 4. The first-order valence-electron chi connectivity index (χ1n) is 15.4. The maximum atomic E-state index is 14.1. The van der Waals surface area contributed by atoms with Gasteiger partial charge in [0.05, 0.1) is 6.54 Å². The van der Waals surface area contributed by atoms with Gasteiger partial charge in [0.15, 0.2) is 0 Å². The van der Waals surface area contributed by atoms with E-state index in [4.69, 9.17) is 10.5 Å². The van der Waals surface area contributed by atoms with Gasteiger partial charge in [0.25, 0.3) is 0 Å². The summed E-state index contributed by atoms with van der Waals surface area (Å²) < 4.78 is 5.23. The zero-order valence-electron chi connectivity index (χ0n) is 25.9. The molecule has 13 heteroatoms. The van der Waals surface area contributed by atoms with Crippen LogP contribution in [0.15, 0.2) is 30.3 Å². The lowest BCUT2D eigenvalue weighted by atomic mass is 9.80. The van der Waals surface area contributed by atoms with Crippen molar-refractivity contribution < 1.29 is 33.5 Å². The normalized spacial score (nSPS) is 18.9. The predicted molar refractivity (Wildman–Crippen MR) is 162 cm³/mol.